The van der Waals surface area contributed by atoms with Gasteiger partial charge in [-0.2, -0.15) is 0 Å². The average molecular weight is 267 g/mol. The lowest BCUT2D eigenvalue weighted by atomic mass is 9.48. The molecular formula is C14H21NO4. The first-order valence-corrected chi connectivity index (χ1v) is 7.04. The number of carboxylic acid groups (broad SMARTS) is 1. The van der Waals surface area contributed by atoms with Gasteiger partial charge in [-0.25, -0.2) is 4.90 Å². The fourth-order valence-corrected chi connectivity index (χ4v) is 5.80. The number of aliphatic carboxylic acids is 1. The molecule has 0 radical (unpaired) electrons. The van der Waals surface area contributed by atoms with Gasteiger partial charge in [0.1, 0.15) is 19.0 Å². The maximum atomic E-state index is 11.1. The Bertz CT molecular complexity index is 430. The third-order valence-corrected chi connectivity index (χ3v) is 5.61. The van der Waals surface area contributed by atoms with Gasteiger partial charge < -0.3 is 14.6 Å². The first-order valence-electron chi connectivity index (χ1n) is 7.04. The minimum Gasteiger partial charge on any atom is -0.480 e. The lowest BCUT2D eigenvalue weighted by Gasteiger charge is -2.73. The number of carbonyl (C=O) groups is 1. The van der Waals surface area contributed by atoms with E-state index >= 15 is 0 Å². The number of hydrogen-bond donors (Lipinski definition) is 1. The number of nitrogens with zero attached hydrogens (tertiary/aromatic N) is 1. The van der Waals surface area contributed by atoms with Gasteiger partial charge in [-0.05, 0) is 19.3 Å². The molecule has 6 bridgehead atoms. The van der Waals surface area contributed by atoms with E-state index in [-0.39, 0.29) is 41.5 Å². The Hall–Kier alpha value is -0.650. The van der Waals surface area contributed by atoms with Crippen LogP contribution in [0.1, 0.15) is 40.0 Å². The molecule has 1 N–H and O–H groups in total. The predicted molar refractivity (Wildman–Crippen MR) is 66.0 cm³/mol. The highest BCUT2D eigenvalue weighted by Gasteiger charge is 2.72. The Balaban J connectivity index is 1.81. The molecule has 4 saturated heterocycles. The summed E-state index contributed by atoms with van der Waals surface area (Å²) in [6.07, 6.45) is 2.83. The van der Waals surface area contributed by atoms with Crippen LogP contribution in [0.3, 0.4) is 0 Å². The molecule has 5 fully saturated rings. The van der Waals surface area contributed by atoms with Gasteiger partial charge in [0.25, 0.3) is 0 Å². The average Bonchev–Trinajstić information content (AvgIpc) is 2.23. The molecule has 106 valence electrons. The van der Waals surface area contributed by atoms with Crippen molar-refractivity contribution in [3.63, 3.8) is 0 Å². The number of rotatable bonds is 2. The van der Waals surface area contributed by atoms with Crippen LogP contribution in [0.25, 0.3) is 0 Å². The van der Waals surface area contributed by atoms with Crippen molar-refractivity contribution in [1.29, 1.82) is 0 Å². The highest BCUT2D eigenvalue weighted by atomic mass is 16.7. The van der Waals surface area contributed by atoms with Gasteiger partial charge in [0.15, 0.2) is 6.29 Å². The fraction of sp³-hybridized carbons (Fsp3) is 0.929. The largest absolute Gasteiger partial charge is 0.480 e. The zero-order chi connectivity index (χ0) is 13.6. The Morgan fingerprint density at radius 1 is 1.11 bits per heavy atom. The van der Waals surface area contributed by atoms with Crippen molar-refractivity contribution < 1.29 is 19.4 Å². The molecule has 0 aromatic carbocycles. The van der Waals surface area contributed by atoms with Crippen LogP contribution in [-0.4, -0.2) is 41.3 Å². The molecule has 5 heteroatoms. The summed E-state index contributed by atoms with van der Waals surface area (Å²) in [4.78, 5) is 13.1. The minimum absolute atomic E-state index is 0.00392. The molecule has 0 aromatic heterocycles. The van der Waals surface area contributed by atoms with Gasteiger partial charge >= 0.3 is 5.97 Å². The van der Waals surface area contributed by atoms with Crippen molar-refractivity contribution in [3.8, 4) is 0 Å². The van der Waals surface area contributed by atoms with Crippen LogP contribution in [0.4, 0.5) is 0 Å². The van der Waals surface area contributed by atoms with Crippen LogP contribution in [0.2, 0.25) is 0 Å². The van der Waals surface area contributed by atoms with Crippen LogP contribution < -0.4 is 0 Å². The van der Waals surface area contributed by atoms with Gasteiger partial charge in [-0.1, -0.05) is 20.8 Å². The van der Waals surface area contributed by atoms with Gasteiger partial charge in [0.2, 0.25) is 0 Å². The van der Waals surface area contributed by atoms with E-state index in [1.807, 2.05) is 4.90 Å². The molecule has 0 aromatic rings. The van der Waals surface area contributed by atoms with Crippen molar-refractivity contribution in [2.24, 2.45) is 16.2 Å². The van der Waals surface area contributed by atoms with Crippen molar-refractivity contribution >= 4 is 5.97 Å². The SMILES string of the molecule is CC12CC3(C)CC(C)(C1)C1OC2OC3N1CC(=O)O. The molecule has 4 heterocycles. The van der Waals surface area contributed by atoms with E-state index in [0.717, 1.165) is 19.3 Å². The summed E-state index contributed by atoms with van der Waals surface area (Å²) in [5, 5.41) is 9.16. The predicted octanol–water partition coefficient (Wildman–Crippen LogP) is 1.63. The molecule has 5 rings (SSSR count). The molecule has 4 unspecified atom stereocenters. The topological polar surface area (TPSA) is 59.0 Å². The quantitative estimate of drug-likeness (QED) is 0.824. The van der Waals surface area contributed by atoms with E-state index in [9.17, 15) is 4.79 Å². The first kappa shape index (κ1) is 12.1. The molecular weight excluding hydrogens is 246 g/mol. The van der Waals surface area contributed by atoms with E-state index in [1.165, 1.54) is 0 Å². The summed E-state index contributed by atoms with van der Waals surface area (Å²) in [5.41, 5.74) is 0.187. The highest BCUT2D eigenvalue weighted by Crippen LogP contribution is 2.69. The van der Waals surface area contributed by atoms with Crippen LogP contribution in [0.5, 0.6) is 0 Å². The standard InChI is InChI=1S/C14H21NO4/c1-12-5-13(2)7-14(3,6-12)11-18-9(12)15(4-8(16)17)10(13)19-11/h9-11H,4-7H2,1-3H3,(H,16,17). The molecule has 4 atom stereocenters. The van der Waals surface area contributed by atoms with E-state index in [2.05, 4.69) is 20.8 Å². The number of ether oxygens (including phenoxy) is 2. The van der Waals surface area contributed by atoms with E-state index in [0.29, 0.717) is 0 Å². The van der Waals surface area contributed by atoms with Crippen molar-refractivity contribution in [2.75, 3.05) is 6.54 Å². The summed E-state index contributed by atoms with van der Waals surface area (Å²) >= 11 is 0. The number of carboxylic acids is 1. The molecule has 0 amide bonds. The Morgan fingerprint density at radius 3 is 2.05 bits per heavy atom. The molecule has 5 nitrogen and oxygen atoms in total. The maximum Gasteiger partial charge on any atom is 0.317 e. The number of piperidine rings is 1. The lowest BCUT2D eigenvalue weighted by Crippen LogP contribution is -2.79. The lowest BCUT2D eigenvalue weighted by molar-refractivity contribution is -0.473. The van der Waals surface area contributed by atoms with Crippen LogP contribution in [-0.2, 0) is 14.3 Å². The van der Waals surface area contributed by atoms with E-state index in [1.54, 1.807) is 0 Å². The van der Waals surface area contributed by atoms with Crippen LogP contribution in [0.15, 0.2) is 0 Å². The smallest absolute Gasteiger partial charge is 0.317 e. The Kier molecular flexibility index (Phi) is 2.01. The molecule has 0 spiro atoms. The Labute approximate surface area is 112 Å². The van der Waals surface area contributed by atoms with Crippen LogP contribution >= 0.6 is 0 Å². The maximum absolute atomic E-state index is 11.1. The van der Waals surface area contributed by atoms with Gasteiger partial charge in [0.05, 0.1) is 0 Å². The van der Waals surface area contributed by atoms with E-state index in [4.69, 9.17) is 14.6 Å². The molecule has 1 saturated carbocycles. The van der Waals surface area contributed by atoms with Crippen LogP contribution in [0, 0.1) is 16.2 Å². The second kappa shape index (κ2) is 3.15. The normalized spacial score (nSPS) is 58.8. The summed E-state index contributed by atoms with van der Waals surface area (Å²) in [6.45, 7) is 6.76. The third-order valence-electron chi connectivity index (χ3n) is 5.61. The third kappa shape index (κ3) is 1.33. The van der Waals surface area contributed by atoms with Gasteiger partial charge in [-0.15, -0.1) is 0 Å². The number of hydrogen-bond acceptors (Lipinski definition) is 4. The molecule has 19 heavy (non-hydrogen) atoms. The minimum atomic E-state index is -0.809. The van der Waals surface area contributed by atoms with Crippen molar-refractivity contribution in [3.05, 3.63) is 0 Å². The summed E-state index contributed by atoms with van der Waals surface area (Å²) in [5.74, 6) is -0.809. The molecule has 1 aliphatic carbocycles. The Morgan fingerprint density at radius 2 is 1.58 bits per heavy atom. The van der Waals surface area contributed by atoms with E-state index < -0.39 is 5.97 Å². The zero-order valence-electron chi connectivity index (χ0n) is 11.7. The first-order chi connectivity index (χ1) is 8.76. The van der Waals surface area contributed by atoms with Crippen molar-refractivity contribution in [2.45, 2.75) is 58.8 Å². The highest BCUT2D eigenvalue weighted by molar-refractivity contribution is 5.69. The monoisotopic (exact) mass is 267 g/mol. The van der Waals surface area contributed by atoms with Gasteiger partial charge in [-0.3, -0.25) is 4.79 Å². The van der Waals surface area contributed by atoms with Gasteiger partial charge in [0, 0.05) is 16.2 Å². The summed E-state index contributed by atoms with van der Waals surface area (Å²) in [7, 11) is 0. The summed E-state index contributed by atoms with van der Waals surface area (Å²) in [6, 6.07) is 0. The summed E-state index contributed by atoms with van der Waals surface area (Å²) < 4.78 is 12.2. The fourth-order valence-electron chi connectivity index (χ4n) is 5.80. The second-order valence-corrected chi connectivity index (χ2v) is 7.87. The zero-order valence-corrected chi connectivity index (χ0v) is 11.7. The second-order valence-electron chi connectivity index (χ2n) is 7.87. The van der Waals surface area contributed by atoms with Crippen molar-refractivity contribution in [1.82, 2.24) is 4.90 Å². The molecule has 4 aliphatic heterocycles. The molecule has 5 aliphatic rings.